The molecule has 3 heteroatoms. The van der Waals surface area contributed by atoms with Gasteiger partial charge in [-0.3, -0.25) is 4.79 Å². The highest BCUT2D eigenvalue weighted by atomic mass is 16.6. The van der Waals surface area contributed by atoms with Crippen LogP contribution in [-0.2, 0) is 9.53 Å². The molecule has 0 amide bonds. The number of esters is 1. The Kier molecular flexibility index (Phi) is 1.57. The Morgan fingerprint density at radius 2 is 2.08 bits per heavy atom. The van der Waals surface area contributed by atoms with E-state index in [2.05, 4.69) is 13.8 Å². The number of carbonyl (C=O) groups excluding carboxylic acids is 1. The second-order valence-corrected chi connectivity index (χ2v) is 5.01. The molecule has 2 aliphatic rings. The summed E-state index contributed by atoms with van der Waals surface area (Å²) in [5, 5.41) is 9.79. The molecule has 0 unspecified atom stereocenters. The zero-order valence-corrected chi connectivity index (χ0v) is 8.33. The van der Waals surface area contributed by atoms with Crippen LogP contribution in [0.2, 0.25) is 0 Å². The molecule has 1 heterocycles. The summed E-state index contributed by atoms with van der Waals surface area (Å²) in [6.07, 6.45) is 0.562. The molecule has 0 aromatic heterocycles. The standard InChI is InChI=1S/C10H16O3/c1-9(2)6-4-8(12)13-10(9,3)5-7(6)11/h6-7,11H,4-5H2,1-3H3/t6-,7+,10+/m0/s1. The van der Waals surface area contributed by atoms with Crippen LogP contribution in [0.15, 0.2) is 0 Å². The van der Waals surface area contributed by atoms with E-state index in [-0.39, 0.29) is 23.4 Å². The van der Waals surface area contributed by atoms with Crippen molar-refractivity contribution >= 4 is 5.97 Å². The number of hydrogen-bond acceptors (Lipinski definition) is 3. The van der Waals surface area contributed by atoms with Gasteiger partial charge in [-0.05, 0) is 6.92 Å². The number of fused-ring (bicyclic) bond motifs is 2. The molecule has 1 N–H and O–H groups in total. The zero-order chi connectivity index (χ0) is 9.85. The minimum atomic E-state index is -0.466. The smallest absolute Gasteiger partial charge is 0.306 e. The van der Waals surface area contributed by atoms with Gasteiger partial charge in [-0.15, -0.1) is 0 Å². The van der Waals surface area contributed by atoms with Gasteiger partial charge in [0.15, 0.2) is 0 Å². The topological polar surface area (TPSA) is 46.5 Å². The summed E-state index contributed by atoms with van der Waals surface area (Å²) in [6, 6.07) is 0. The van der Waals surface area contributed by atoms with Crippen molar-refractivity contribution in [1.82, 2.24) is 0 Å². The lowest BCUT2D eigenvalue weighted by Crippen LogP contribution is -2.48. The van der Waals surface area contributed by atoms with Gasteiger partial charge in [0, 0.05) is 17.8 Å². The summed E-state index contributed by atoms with van der Waals surface area (Å²) >= 11 is 0. The Labute approximate surface area is 78.1 Å². The van der Waals surface area contributed by atoms with Gasteiger partial charge in [0.25, 0.3) is 0 Å². The lowest BCUT2D eigenvalue weighted by Gasteiger charge is -2.44. The van der Waals surface area contributed by atoms with Crippen molar-refractivity contribution in [3.63, 3.8) is 0 Å². The monoisotopic (exact) mass is 184 g/mol. The Balaban J connectivity index is 2.41. The number of rotatable bonds is 0. The van der Waals surface area contributed by atoms with Crippen molar-refractivity contribution in [3.05, 3.63) is 0 Å². The number of carbonyl (C=O) groups is 1. The van der Waals surface area contributed by atoms with Crippen molar-refractivity contribution in [3.8, 4) is 0 Å². The van der Waals surface area contributed by atoms with E-state index < -0.39 is 5.60 Å². The van der Waals surface area contributed by atoms with Crippen LogP contribution in [0, 0.1) is 11.3 Å². The second-order valence-electron chi connectivity index (χ2n) is 5.01. The van der Waals surface area contributed by atoms with Gasteiger partial charge in [0.2, 0.25) is 0 Å². The van der Waals surface area contributed by atoms with Crippen LogP contribution in [-0.4, -0.2) is 22.8 Å². The van der Waals surface area contributed by atoms with Crippen LogP contribution in [0.1, 0.15) is 33.6 Å². The van der Waals surface area contributed by atoms with E-state index in [1.54, 1.807) is 0 Å². The van der Waals surface area contributed by atoms with Crippen molar-refractivity contribution in [2.24, 2.45) is 11.3 Å². The first-order valence-corrected chi connectivity index (χ1v) is 4.77. The van der Waals surface area contributed by atoms with Crippen LogP contribution in [0.5, 0.6) is 0 Å². The summed E-state index contributed by atoms with van der Waals surface area (Å²) < 4.78 is 5.35. The lowest BCUT2D eigenvalue weighted by atomic mass is 9.70. The van der Waals surface area contributed by atoms with E-state index in [9.17, 15) is 9.90 Å². The van der Waals surface area contributed by atoms with Crippen LogP contribution < -0.4 is 0 Å². The molecule has 1 saturated heterocycles. The molecule has 0 spiro atoms. The third kappa shape index (κ3) is 0.966. The molecule has 0 aromatic rings. The molecule has 3 atom stereocenters. The Bertz CT molecular complexity index is 259. The van der Waals surface area contributed by atoms with Crippen molar-refractivity contribution in [1.29, 1.82) is 0 Å². The van der Waals surface area contributed by atoms with Crippen molar-refractivity contribution in [2.45, 2.75) is 45.3 Å². The maximum Gasteiger partial charge on any atom is 0.306 e. The number of ether oxygens (including phenoxy) is 1. The summed E-state index contributed by atoms with van der Waals surface area (Å²) in [4.78, 5) is 11.2. The molecule has 0 aromatic carbocycles. The highest BCUT2D eigenvalue weighted by Gasteiger charge is 2.61. The molecule has 74 valence electrons. The van der Waals surface area contributed by atoms with E-state index in [0.717, 1.165) is 0 Å². The largest absolute Gasteiger partial charge is 0.459 e. The fraction of sp³-hybridized carbons (Fsp3) is 0.900. The molecule has 3 nitrogen and oxygen atoms in total. The lowest BCUT2D eigenvalue weighted by molar-refractivity contribution is -0.182. The van der Waals surface area contributed by atoms with Crippen LogP contribution >= 0.6 is 0 Å². The average molecular weight is 184 g/mol. The van der Waals surface area contributed by atoms with Gasteiger partial charge < -0.3 is 9.84 Å². The van der Waals surface area contributed by atoms with Crippen LogP contribution in [0.3, 0.4) is 0 Å². The number of hydrogen-bond donors (Lipinski definition) is 1. The summed E-state index contributed by atoms with van der Waals surface area (Å²) in [6.45, 7) is 6.06. The van der Waals surface area contributed by atoms with E-state index in [0.29, 0.717) is 12.8 Å². The Hall–Kier alpha value is -0.570. The third-order valence-corrected chi connectivity index (χ3v) is 4.08. The highest BCUT2D eigenvalue weighted by Crippen LogP contribution is 2.56. The van der Waals surface area contributed by atoms with Gasteiger partial charge in [-0.25, -0.2) is 0 Å². The normalized spacial score (nSPS) is 47.5. The predicted molar refractivity (Wildman–Crippen MR) is 47.0 cm³/mol. The van der Waals surface area contributed by atoms with Gasteiger partial charge in [-0.2, -0.15) is 0 Å². The summed E-state index contributed by atoms with van der Waals surface area (Å²) in [5.41, 5.74) is -0.563. The van der Waals surface area contributed by atoms with Crippen molar-refractivity contribution < 1.29 is 14.6 Å². The maximum atomic E-state index is 11.2. The molecule has 13 heavy (non-hydrogen) atoms. The van der Waals surface area contributed by atoms with E-state index in [1.165, 1.54) is 0 Å². The Morgan fingerprint density at radius 1 is 1.46 bits per heavy atom. The fourth-order valence-electron chi connectivity index (χ4n) is 2.71. The van der Waals surface area contributed by atoms with E-state index in [1.807, 2.05) is 6.92 Å². The zero-order valence-electron chi connectivity index (χ0n) is 8.33. The molecular weight excluding hydrogens is 168 g/mol. The Morgan fingerprint density at radius 3 is 2.62 bits per heavy atom. The minimum Gasteiger partial charge on any atom is -0.459 e. The summed E-state index contributed by atoms with van der Waals surface area (Å²) in [5.74, 6) is -0.0953. The SMILES string of the molecule is CC1(C)[C@H]2CC(=O)O[C@]1(C)C[C@H]2O. The maximum absolute atomic E-state index is 11.2. The quantitative estimate of drug-likeness (QED) is 0.573. The van der Waals surface area contributed by atoms with Crippen LogP contribution in [0.4, 0.5) is 0 Å². The molecule has 0 radical (unpaired) electrons. The van der Waals surface area contributed by atoms with Gasteiger partial charge in [-0.1, -0.05) is 13.8 Å². The highest BCUT2D eigenvalue weighted by molar-refractivity contribution is 5.72. The van der Waals surface area contributed by atoms with Gasteiger partial charge in [0.1, 0.15) is 5.60 Å². The van der Waals surface area contributed by atoms with E-state index in [4.69, 9.17) is 4.74 Å². The summed E-state index contributed by atoms with van der Waals surface area (Å²) in [7, 11) is 0. The number of aliphatic hydroxyl groups excluding tert-OH is 1. The van der Waals surface area contributed by atoms with Gasteiger partial charge >= 0.3 is 5.97 Å². The molecule has 1 aliphatic carbocycles. The first-order valence-electron chi connectivity index (χ1n) is 4.77. The molecule has 2 fully saturated rings. The molecule has 2 rings (SSSR count). The first kappa shape index (κ1) is 9.00. The molecular formula is C10H16O3. The average Bonchev–Trinajstić information content (AvgIpc) is 2.13. The van der Waals surface area contributed by atoms with Crippen LogP contribution in [0.25, 0.3) is 0 Å². The third-order valence-electron chi connectivity index (χ3n) is 4.08. The molecule has 2 bridgehead atoms. The molecule has 1 aliphatic heterocycles. The second kappa shape index (κ2) is 2.27. The number of aliphatic hydroxyl groups is 1. The fourth-order valence-corrected chi connectivity index (χ4v) is 2.71. The first-order chi connectivity index (χ1) is 5.87. The minimum absolute atomic E-state index is 0.0683. The predicted octanol–water partition coefficient (Wildman–Crippen LogP) is 1.10. The molecule has 1 saturated carbocycles. The van der Waals surface area contributed by atoms with E-state index >= 15 is 0 Å². The van der Waals surface area contributed by atoms with Crippen molar-refractivity contribution in [2.75, 3.05) is 0 Å². The van der Waals surface area contributed by atoms with Gasteiger partial charge in [0.05, 0.1) is 12.5 Å².